The molecule has 5 aromatic carbocycles. The molecule has 0 unspecified atom stereocenters. The molecule has 0 radical (unpaired) electrons. The SMILES string of the molecule is Cc1cc(B(c2ccccc2)c2ccccc2)cc(B(c2ccccc2)c2ccccc2)c1. The normalized spacial score (nSPS) is 10.6. The van der Waals surface area contributed by atoms with Crippen LogP contribution in [-0.2, 0) is 0 Å². The number of hydrogen-bond donors (Lipinski definition) is 0. The molecule has 0 spiro atoms. The zero-order chi connectivity index (χ0) is 22.5. The maximum Gasteiger partial charge on any atom is 0.241 e. The van der Waals surface area contributed by atoms with Crippen LogP contribution < -0.4 is 32.8 Å². The quantitative estimate of drug-likeness (QED) is 0.371. The van der Waals surface area contributed by atoms with Crippen LogP contribution in [-0.4, -0.2) is 13.4 Å². The molecule has 0 amide bonds. The molecule has 0 saturated heterocycles. The van der Waals surface area contributed by atoms with Crippen LogP contribution in [0.15, 0.2) is 140 Å². The first-order valence-electron chi connectivity index (χ1n) is 11.6. The lowest BCUT2D eigenvalue weighted by molar-refractivity contribution is 1.51. The first-order chi connectivity index (χ1) is 16.3. The monoisotopic (exact) mass is 420 g/mol. The van der Waals surface area contributed by atoms with Crippen molar-refractivity contribution in [2.24, 2.45) is 0 Å². The summed E-state index contributed by atoms with van der Waals surface area (Å²) in [5.41, 5.74) is 9.22. The van der Waals surface area contributed by atoms with E-state index in [9.17, 15) is 0 Å². The Hall–Kier alpha value is -3.77. The standard InChI is InChI=1S/C31H26B2/c1-25-22-30(32(26-14-6-2-7-15-26)27-16-8-3-9-17-27)24-31(23-25)33(28-18-10-4-11-19-28)29-20-12-5-13-21-29/h2-24H,1H3. The van der Waals surface area contributed by atoms with Gasteiger partial charge in [0.1, 0.15) is 0 Å². The van der Waals surface area contributed by atoms with Crippen LogP contribution in [0.1, 0.15) is 5.56 Å². The topological polar surface area (TPSA) is 0 Å². The third-order valence-corrected chi connectivity index (χ3v) is 6.32. The number of benzene rings is 5. The summed E-state index contributed by atoms with van der Waals surface area (Å²) >= 11 is 0. The Bertz CT molecular complexity index is 1120. The van der Waals surface area contributed by atoms with Crippen molar-refractivity contribution in [3.63, 3.8) is 0 Å². The molecule has 156 valence electrons. The zero-order valence-electron chi connectivity index (χ0n) is 18.9. The summed E-state index contributed by atoms with van der Waals surface area (Å²) in [4.78, 5) is 0. The van der Waals surface area contributed by atoms with Crippen LogP contribution >= 0.6 is 0 Å². The van der Waals surface area contributed by atoms with E-state index in [1.165, 1.54) is 38.3 Å². The van der Waals surface area contributed by atoms with E-state index in [0.717, 1.165) is 0 Å². The molecule has 0 aliphatic carbocycles. The highest BCUT2D eigenvalue weighted by Crippen LogP contribution is 2.02. The van der Waals surface area contributed by atoms with Gasteiger partial charge in [-0.05, 0) is 6.92 Å². The predicted molar refractivity (Wildman–Crippen MR) is 146 cm³/mol. The van der Waals surface area contributed by atoms with E-state index in [0.29, 0.717) is 0 Å². The Labute approximate surface area is 198 Å². The molecule has 0 N–H and O–H groups in total. The highest BCUT2D eigenvalue weighted by molar-refractivity contribution is 6.98. The maximum absolute atomic E-state index is 2.42. The van der Waals surface area contributed by atoms with E-state index in [2.05, 4.69) is 146 Å². The summed E-state index contributed by atoms with van der Waals surface area (Å²) in [5.74, 6) is 0. The molecule has 0 heterocycles. The Morgan fingerprint density at radius 2 is 0.606 bits per heavy atom. The summed E-state index contributed by atoms with van der Waals surface area (Å²) in [6.45, 7) is 2.60. The highest BCUT2D eigenvalue weighted by atomic mass is 14.0. The van der Waals surface area contributed by atoms with Gasteiger partial charge in [0, 0.05) is 0 Å². The Balaban J connectivity index is 1.69. The highest BCUT2D eigenvalue weighted by Gasteiger charge is 2.26. The van der Waals surface area contributed by atoms with Crippen molar-refractivity contribution in [3.8, 4) is 0 Å². The van der Waals surface area contributed by atoms with Gasteiger partial charge in [0.05, 0.1) is 0 Å². The fraction of sp³-hybridized carbons (Fsp3) is 0.0323. The fourth-order valence-electron chi connectivity index (χ4n) is 4.91. The van der Waals surface area contributed by atoms with Crippen molar-refractivity contribution >= 4 is 46.2 Å². The van der Waals surface area contributed by atoms with Crippen LogP contribution in [0.2, 0.25) is 0 Å². The molecule has 0 aliphatic rings. The van der Waals surface area contributed by atoms with Crippen molar-refractivity contribution in [2.45, 2.75) is 6.92 Å². The van der Waals surface area contributed by atoms with Gasteiger partial charge in [-0.25, -0.2) is 0 Å². The van der Waals surface area contributed by atoms with Crippen molar-refractivity contribution in [1.29, 1.82) is 0 Å². The molecule has 0 nitrogen and oxygen atoms in total. The van der Waals surface area contributed by atoms with Gasteiger partial charge in [-0.2, -0.15) is 0 Å². The second-order valence-electron chi connectivity index (χ2n) is 8.69. The van der Waals surface area contributed by atoms with Gasteiger partial charge in [-0.1, -0.05) is 178 Å². The van der Waals surface area contributed by atoms with Crippen LogP contribution in [0.25, 0.3) is 0 Å². The summed E-state index contributed by atoms with van der Waals surface area (Å²) < 4.78 is 0. The van der Waals surface area contributed by atoms with E-state index in [1.807, 2.05) is 0 Å². The smallest absolute Gasteiger partial charge is 0.0717 e. The summed E-state index contributed by atoms with van der Waals surface area (Å²) in [5, 5.41) is 0. The van der Waals surface area contributed by atoms with E-state index in [1.54, 1.807) is 0 Å². The lowest BCUT2D eigenvalue weighted by atomic mass is 9.33. The van der Waals surface area contributed by atoms with Gasteiger partial charge in [0.2, 0.25) is 13.4 Å². The van der Waals surface area contributed by atoms with Gasteiger partial charge < -0.3 is 0 Å². The zero-order valence-corrected chi connectivity index (χ0v) is 18.9. The number of aryl methyl sites for hydroxylation is 1. The molecule has 0 atom stereocenters. The second kappa shape index (κ2) is 9.79. The summed E-state index contributed by atoms with van der Waals surface area (Å²) in [6.07, 6.45) is 0. The molecule has 0 aliphatic heterocycles. The second-order valence-corrected chi connectivity index (χ2v) is 8.69. The lowest BCUT2D eigenvalue weighted by Crippen LogP contribution is -2.56. The molecular formula is C31H26B2. The first-order valence-corrected chi connectivity index (χ1v) is 11.6. The van der Waals surface area contributed by atoms with Gasteiger partial charge in [0.25, 0.3) is 0 Å². The molecule has 5 rings (SSSR count). The molecule has 0 saturated carbocycles. The summed E-state index contributed by atoms with van der Waals surface area (Å²) in [7, 11) is 0. The van der Waals surface area contributed by atoms with Crippen LogP contribution in [0, 0.1) is 6.92 Å². The van der Waals surface area contributed by atoms with Crippen LogP contribution in [0.5, 0.6) is 0 Å². The minimum absolute atomic E-state index is 0.193. The van der Waals surface area contributed by atoms with E-state index >= 15 is 0 Å². The maximum atomic E-state index is 2.42. The van der Waals surface area contributed by atoms with Gasteiger partial charge in [-0.3, -0.25) is 0 Å². The molecule has 0 aromatic heterocycles. The molecular weight excluding hydrogens is 394 g/mol. The molecule has 0 bridgehead atoms. The minimum atomic E-state index is 0.193. The van der Waals surface area contributed by atoms with Gasteiger partial charge in [-0.15, -0.1) is 0 Å². The van der Waals surface area contributed by atoms with E-state index in [-0.39, 0.29) is 13.4 Å². The Kier molecular flexibility index (Phi) is 6.26. The van der Waals surface area contributed by atoms with Crippen molar-refractivity contribution < 1.29 is 0 Å². The Morgan fingerprint density at radius 3 is 0.879 bits per heavy atom. The summed E-state index contributed by atoms with van der Waals surface area (Å²) in [6, 6.07) is 50.5. The molecule has 0 fully saturated rings. The van der Waals surface area contributed by atoms with Gasteiger partial charge >= 0.3 is 0 Å². The third kappa shape index (κ3) is 4.71. The third-order valence-electron chi connectivity index (χ3n) is 6.32. The molecule has 5 aromatic rings. The van der Waals surface area contributed by atoms with E-state index in [4.69, 9.17) is 0 Å². The number of rotatable bonds is 6. The van der Waals surface area contributed by atoms with Crippen molar-refractivity contribution in [1.82, 2.24) is 0 Å². The first kappa shape index (κ1) is 21.1. The molecule has 2 heteroatoms. The average molecular weight is 420 g/mol. The number of hydrogen-bond acceptors (Lipinski definition) is 0. The average Bonchev–Trinajstić information content (AvgIpc) is 2.87. The minimum Gasteiger partial charge on any atom is -0.0717 e. The van der Waals surface area contributed by atoms with Gasteiger partial charge in [0.15, 0.2) is 0 Å². The van der Waals surface area contributed by atoms with Crippen LogP contribution in [0.4, 0.5) is 0 Å². The van der Waals surface area contributed by atoms with Crippen molar-refractivity contribution in [2.75, 3.05) is 0 Å². The fourth-order valence-corrected chi connectivity index (χ4v) is 4.91. The van der Waals surface area contributed by atoms with E-state index < -0.39 is 0 Å². The van der Waals surface area contributed by atoms with Crippen LogP contribution in [0.3, 0.4) is 0 Å². The largest absolute Gasteiger partial charge is 0.241 e. The lowest BCUT2D eigenvalue weighted by Gasteiger charge is -2.21. The van der Waals surface area contributed by atoms with Crippen molar-refractivity contribution in [3.05, 3.63) is 145 Å². The molecule has 33 heavy (non-hydrogen) atoms. The predicted octanol–water partition coefficient (Wildman–Crippen LogP) is 3.03. The Morgan fingerprint density at radius 1 is 0.333 bits per heavy atom.